The zero-order chi connectivity index (χ0) is 17.1. The Morgan fingerprint density at radius 2 is 1.35 bits per heavy atom. The molecule has 0 amide bonds. The molecule has 0 aliphatic rings. The van der Waals surface area contributed by atoms with Gasteiger partial charge in [-0.2, -0.15) is 0 Å². The van der Waals surface area contributed by atoms with Gasteiger partial charge in [-0.15, -0.1) is 0 Å². The van der Waals surface area contributed by atoms with Crippen molar-refractivity contribution in [2.45, 2.75) is 0 Å². The van der Waals surface area contributed by atoms with E-state index >= 15 is 0 Å². The summed E-state index contributed by atoms with van der Waals surface area (Å²) in [6, 6.07) is 27.6. The maximum absolute atomic E-state index is 5.00. The molecule has 0 radical (unpaired) electrons. The standard InChI is InChI=1S/C24H14N2/c1-3-8-17-15(6-1)11-12-18-20-14-16-7-2-4-10-21(16)26-23(20)19-9-5-13-25-24(19)22(17)18/h1-14H. The van der Waals surface area contributed by atoms with E-state index in [9.17, 15) is 0 Å². The fourth-order valence-electron chi connectivity index (χ4n) is 4.07. The summed E-state index contributed by atoms with van der Waals surface area (Å²) in [6.07, 6.45) is 1.87. The number of aromatic nitrogens is 2. The molecule has 0 fully saturated rings. The summed E-state index contributed by atoms with van der Waals surface area (Å²) in [6.45, 7) is 0. The molecule has 0 saturated heterocycles. The van der Waals surface area contributed by atoms with Crippen LogP contribution in [0.2, 0.25) is 0 Å². The van der Waals surface area contributed by atoms with Crippen LogP contribution in [0.3, 0.4) is 0 Å². The van der Waals surface area contributed by atoms with Crippen molar-refractivity contribution in [2.24, 2.45) is 0 Å². The predicted octanol–water partition coefficient (Wildman–Crippen LogP) is 6.24. The molecule has 0 atom stereocenters. The highest BCUT2D eigenvalue weighted by molar-refractivity contribution is 6.30. The Kier molecular flexibility index (Phi) is 2.64. The van der Waals surface area contributed by atoms with E-state index in [0.717, 1.165) is 27.3 Å². The summed E-state index contributed by atoms with van der Waals surface area (Å²) >= 11 is 0. The Labute approximate surface area is 149 Å². The van der Waals surface area contributed by atoms with Crippen molar-refractivity contribution in [3.8, 4) is 0 Å². The molecule has 2 heterocycles. The molecule has 26 heavy (non-hydrogen) atoms. The highest BCUT2D eigenvalue weighted by Gasteiger charge is 2.13. The lowest BCUT2D eigenvalue weighted by Crippen LogP contribution is -1.90. The topological polar surface area (TPSA) is 25.8 Å². The molecule has 2 nitrogen and oxygen atoms in total. The molecule has 0 bridgehead atoms. The first-order valence-corrected chi connectivity index (χ1v) is 8.78. The van der Waals surface area contributed by atoms with E-state index in [-0.39, 0.29) is 0 Å². The third kappa shape index (κ3) is 1.76. The molecule has 0 saturated carbocycles. The Hall–Kier alpha value is -3.52. The summed E-state index contributed by atoms with van der Waals surface area (Å²) < 4.78 is 0. The maximum Gasteiger partial charge on any atom is 0.0810 e. The molecule has 120 valence electrons. The number of hydrogen-bond donors (Lipinski definition) is 0. The van der Waals surface area contributed by atoms with Crippen molar-refractivity contribution in [1.29, 1.82) is 0 Å². The van der Waals surface area contributed by atoms with Crippen molar-refractivity contribution in [3.05, 3.63) is 85.1 Å². The lowest BCUT2D eigenvalue weighted by molar-refractivity contribution is 1.42. The molecule has 0 N–H and O–H groups in total. The summed E-state index contributed by atoms with van der Waals surface area (Å²) in [5, 5.41) is 8.36. The minimum Gasteiger partial charge on any atom is -0.256 e. The van der Waals surface area contributed by atoms with E-state index in [1.807, 2.05) is 18.3 Å². The minimum absolute atomic E-state index is 1.02. The third-order valence-corrected chi connectivity index (χ3v) is 5.24. The van der Waals surface area contributed by atoms with Gasteiger partial charge in [-0.3, -0.25) is 4.98 Å². The van der Waals surface area contributed by atoms with Gasteiger partial charge in [0.1, 0.15) is 0 Å². The van der Waals surface area contributed by atoms with Crippen LogP contribution in [0.15, 0.2) is 85.1 Å². The van der Waals surface area contributed by atoms with Crippen molar-refractivity contribution >= 4 is 54.3 Å². The van der Waals surface area contributed by atoms with Crippen LogP contribution in [0.1, 0.15) is 0 Å². The highest BCUT2D eigenvalue weighted by atomic mass is 14.7. The van der Waals surface area contributed by atoms with Crippen LogP contribution < -0.4 is 0 Å². The second-order valence-electron chi connectivity index (χ2n) is 6.69. The molecule has 0 unspecified atom stereocenters. The van der Waals surface area contributed by atoms with Crippen LogP contribution >= 0.6 is 0 Å². The van der Waals surface area contributed by atoms with Crippen molar-refractivity contribution in [1.82, 2.24) is 9.97 Å². The maximum atomic E-state index is 5.00. The van der Waals surface area contributed by atoms with Gasteiger partial charge < -0.3 is 0 Å². The van der Waals surface area contributed by atoms with Gasteiger partial charge in [0.2, 0.25) is 0 Å². The van der Waals surface area contributed by atoms with Crippen molar-refractivity contribution in [3.63, 3.8) is 0 Å². The Balaban J connectivity index is 2.00. The van der Waals surface area contributed by atoms with E-state index in [1.165, 1.54) is 26.9 Å². The number of fused-ring (bicyclic) bond motifs is 9. The number of nitrogens with zero attached hydrogens (tertiary/aromatic N) is 2. The summed E-state index contributed by atoms with van der Waals surface area (Å²) in [5.74, 6) is 0. The monoisotopic (exact) mass is 330 g/mol. The number of rotatable bonds is 0. The van der Waals surface area contributed by atoms with E-state index < -0.39 is 0 Å². The molecule has 0 aliphatic heterocycles. The van der Waals surface area contributed by atoms with Crippen molar-refractivity contribution in [2.75, 3.05) is 0 Å². The second kappa shape index (κ2) is 4.99. The van der Waals surface area contributed by atoms with Crippen LogP contribution in [0.25, 0.3) is 54.3 Å². The minimum atomic E-state index is 1.02. The Morgan fingerprint density at radius 1 is 0.538 bits per heavy atom. The van der Waals surface area contributed by atoms with Gasteiger partial charge in [-0.25, -0.2) is 4.98 Å². The third-order valence-electron chi connectivity index (χ3n) is 5.24. The molecular weight excluding hydrogens is 316 g/mol. The smallest absolute Gasteiger partial charge is 0.0810 e. The molecule has 4 aromatic carbocycles. The molecule has 6 aromatic rings. The van der Waals surface area contributed by atoms with Crippen LogP contribution in [0.4, 0.5) is 0 Å². The van der Waals surface area contributed by atoms with Gasteiger partial charge in [-0.05, 0) is 40.4 Å². The molecule has 0 spiro atoms. The molecule has 0 aliphatic carbocycles. The zero-order valence-corrected chi connectivity index (χ0v) is 14.0. The first-order chi connectivity index (χ1) is 12.9. The number of para-hydroxylation sites is 1. The molecule has 2 heteroatoms. The SMILES string of the molecule is c1ccc2nc3c(cc2c1)c1ccc2ccccc2c1c1ncccc31. The Morgan fingerprint density at radius 3 is 2.31 bits per heavy atom. The predicted molar refractivity (Wildman–Crippen MR) is 110 cm³/mol. The lowest BCUT2D eigenvalue weighted by Gasteiger charge is -2.12. The second-order valence-corrected chi connectivity index (χ2v) is 6.69. The fraction of sp³-hybridized carbons (Fsp3) is 0. The normalized spacial score (nSPS) is 11.8. The summed E-state index contributed by atoms with van der Waals surface area (Å²) in [4.78, 5) is 9.75. The number of hydrogen-bond acceptors (Lipinski definition) is 2. The van der Waals surface area contributed by atoms with Gasteiger partial charge in [-0.1, -0.05) is 54.6 Å². The quantitative estimate of drug-likeness (QED) is 0.243. The molecule has 2 aromatic heterocycles. The van der Waals surface area contributed by atoms with Gasteiger partial charge in [0.05, 0.1) is 16.6 Å². The van der Waals surface area contributed by atoms with Crippen LogP contribution in [-0.2, 0) is 0 Å². The van der Waals surface area contributed by atoms with E-state index in [4.69, 9.17) is 9.97 Å². The van der Waals surface area contributed by atoms with E-state index in [0.29, 0.717) is 0 Å². The molecular formula is C24H14N2. The summed E-state index contributed by atoms with van der Waals surface area (Å²) in [5.41, 5.74) is 3.06. The summed E-state index contributed by atoms with van der Waals surface area (Å²) in [7, 11) is 0. The average molecular weight is 330 g/mol. The van der Waals surface area contributed by atoms with Crippen molar-refractivity contribution < 1.29 is 0 Å². The first-order valence-electron chi connectivity index (χ1n) is 8.78. The number of benzene rings is 4. The Bertz CT molecular complexity index is 1470. The number of pyridine rings is 2. The van der Waals surface area contributed by atoms with Crippen LogP contribution in [0, 0.1) is 0 Å². The fourth-order valence-corrected chi connectivity index (χ4v) is 4.07. The zero-order valence-electron chi connectivity index (χ0n) is 14.0. The van der Waals surface area contributed by atoms with Crippen LogP contribution in [0.5, 0.6) is 0 Å². The highest BCUT2D eigenvalue weighted by Crippen LogP contribution is 2.38. The van der Waals surface area contributed by atoms with E-state index in [2.05, 4.69) is 66.7 Å². The lowest BCUT2D eigenvalue weighted by atomic mass is 9.95. The average Bonchev–Trinajstić information content (AvgIpc) is 2.72. The largest absolute Gasteiger partial charge is 0.256 e. The molecule has 6 rings (SSSR count). The van der Waals surface area contributed by atoms with Gasteiger partial charge in [0.15, 0.2) is 0 Å². The van der Waals surface area contributed by atoms with Crippen LogP contribution in [-0.4, -0.2) is 9.97 Å². The van der Waals surface area contributed by atoms with Gasteiger partial charge >= 0.3 is 0 Å². The van der Waals surface area contributed by atoms with Gasteiger partial charge in [0.25, 0.3) is 0 Å². The first kappa shape index (κ1) is 13.7. The van der Waals surface area contributed by atoms with E-state index in [1.54, 1.807) is 0 Å². The van der Waals surface area contributed by atoms with Gasteiger partial charge in [0, 0.05) is 27.7 Å².